The number of amides is 1. The molecule has 3 rings (SSSR count). The topological polar surface area (TPSA) is 112 Å². The second-order valence-corrected chi connectivity index (χ2v) is 5.85. The number of nitrogens with zero attached hydrogens (tertiary/aromatic N) is 2. The molecule has 138 valence electrons. The normalized spacial score (nSPS) is 19.4. The first-order chi connectivity index (χ1) is 12.4. The summed E-state index contributed by atoms with van der Waals surface area (Å²) in [5.74, 6) is -0.0257. The third-order valence-electron chi connectivity index (χ3n) is 4.18. The minimum atomic E-state index is -0.836. The van der Waals surface area contributed by atoms with E-state index in [0.717, 1.165) is 0 Å². The van der Waals surface area contributed by atoms with Crippen LogP contribution in [0.1, 0.15) is 31.2 Å². The van der Waals surface area contributed by atoms with Gasteiger partial charge in [-0.2, -0.15) is 4.98 Å². The third-order valence-corrected chi connectivity index (χ3v) is 4.18. The highest BCUT2D eigenvalue weighted by atomic mass is 19.1. The van der Waals surface area contributed by atoms with Crippen molar-refractivity contribution in [1.82, 2.24) is 4.98 Å². The molecule has 0 saturated carbocycles. The first-order valence-electron chi connectivity index (χ1n) is 8.11. The summed E-state index contributed by atoms with van der Waals surface area (Å²) < 4.78 is 29.6. The van der Waals surface area contributed by atoms with Crippen molar-refractivity contribution in [2.45, 2.75) is 32.2 Å². The SMILES string of the molecule is CC[C@@]1(c2cc(NC(=O)Oc3coc(C)n3)ccc2F)CCOC(N)=N1. The van der Waals surface area contributed by atoms with Crippen LogP contribution >= 0.6 is 0 Å². The number of hydrogen-bond donors (Lipinski definition) is 2. The standard InChI is InChI=1S/C17H19FN4O4/c1-3-17(6-7-24-15(19)22-17)12-8-11(4-5-13(12)18)21-16(23)26-14-9-25-10(2)20-14/h4-5,8-9H,3,6-7H2,1-2H3,(H2,19,22)(H,21,23)/t17-/m0/s1. The Labute approximate surface area is 149 Å². The number of carbonyl (C=O) groups excluding carboxylic acids is 1. The fraction of sp³-hybridized carbons (Fsp3) is 0.353. The lowest BCUT2D eigenvalue weighted by Crippen LogP contribution is -2.36. The van der Waals surface area contributed by atoms with Crippen LogP contribution in [0.25, 0.3) is 0 Å². The lowest BCUT2D eigenvalue weighted by molar-refractivity contribution is 0.201. The van der Waals surface area contributed by atoms with Crippen LogP contribution in [0.3, 0.4) is 0 Å². The van der Waals surface area contributed by atoms with Gasteiger partial charge in [-0.25, -0.2) is 14.2 Å². The molecule has 1 aromatic carbocycles. The summed E-state index contributed by atoms with van der Waals surface area (Å²) in [6.07, 6.45) is 1.46. The molecule has 1 atom stereocenters. The Hall–Kier alpha value is -3.10. The number of halogens is 1. The first kappa shape index (κ1) is 17.7. The van der Waals surface area contributed by atoms with Gasteiger partial charge >= 0.3 is 6.09 Å². The largest absolute Gasteiger partial charge is 0.465 e. The van der Waals surface area contributed by atoms with Crippen molar-refractivity contribution < 1.29 is 23.1 Å². The number of nitrogens with one attached hydrogen (secondary N) is 1. The molecule has 9 heteroatoms. The molecule has 1 aromatic heterocycles. The number of aromatic nitrogens is 1. The zero-order valence-corrected chi connectivity index (χ0v) is 14.4. The minimum absolute atomic E-state index is 0.0247. The fourth-order valence-electron chi connectivity index (χ4n) is 2.85. The summed E-state index contributed by atoms with van der Waals surface area (Å²) in [5.41, 5.74) is 5.54. The lowest BCUT2D eigenvalue weighted by atomic mass is 9.84. The van der Waals surface area contributed by atoms with E-state index in [-0.39, 0.29) is 11.9 Å². The van der Waals surface area contributed by atoms with Gasteiger partial charge in [0.05, 0.1) is 12.1 Å². The van der Waals surface area contributed by atoms with Gasteiger partial charge < -0.3 is 19.6 Å². The molecule has 0 unspecified atom stereocenters. The quantitative estimate of drug-likeness (QED) is 0.864. The van der Waals surface area contributed by atoms with Gasteiger partial charge in [-0.1, -0.05) is 6.92 Å². The van der Waals surface area contributed by atoms with Crippen LogP contribution in [0.5, 0.6) is 5.88 Å². The van der Waals surface area contributed by atoms with Gasteiger partial charge in [-0.3, -0.25) is 5.32 Å². The van der Waals surface area contributed by atoms with Crippen LogP contribution in [0.4, 0.5) is 14.9 Å². The number of benzene rings is 1. The molecule has 1 amide bonds. The fourth-order valence-corrected chi connectivity index (χ4v) is 2.85. The van der Waals surface area contributed by atoms with Gasteiger partial charge in [0, 0.05) is 24.6 Å². The Morgan fingerprint density at radius 3 is 2.96 bits per heavy atom. The number of aryl methyl sites for hydroxylation is 1. The maximum absolute atomic E-state index is 14.5. The molecule has 0 aliphatic carbocycles. The number of rotatable bonds is 4. The first-order valence-corrected chi connectivity index (χ1v) is 8.11. The van der Waals surface area contributed by atoms with Gasteiger partial charge in [-0.15, -0.1) is 0 Å². The minimum Gasteiger partial charge on any atom is -0.465 e. The third kappa shape index (κ3) is 3.61. The Kier molecular flexibility index (Phi) is 4.79. The number of amidine groups is 1. The molecule has 2 aromatic rings. The van der Waals surface area contributed by atoms with Crippen molar-refractivity contribution in [2.75, 3.05) is 11.9 Å². The molecule has 0 spiro atoms. The predicted molar refractivity (Wildman–Crippen MR) is 91.4 cm³/mol. The summed E-state index contributed by atoms with van der Waals surface area (Å²) in [6, 6.07) is 4.25. The van der Waals surface area contributed by atoms with Crippen molar-refractivity contribution >= 4 is 17.8 Å². The number of ether oxygens (including phenoxy) is 2. The zero-order chi connectivity index (χ0) is 18.7. The maximum atomic E-state index is 14.5. The highest BCUT2D eigenvalue weighted by Gasteiger charge is 2.36. The van der Waals surface area contributed by atoms with Crippen LogP contribution in [-0.2, 0) is 10.3 Å². The molecule has 2 heterocycles. The molecule has 0 bridgehead atoms. The Balaban J connectivity index is 1.83. The van der Waals surface area contributed by atoms with E-state index in [4.69, 9.17) is 19.6 Å². The van der Waals surface area contributed by atoms with Crippen molar-refractivity contribution in [3.8, 4) is 5.88 Å². The van der Waals surface area contributed by atoms with Crippen LogP contribution in [0, 0.1) is 12.7 Å². The average molecular weight is 362 g/mol. The highest BCUT2D eigenvalue weighted by molar-refractivity contribution is 5.86. The van der Waals surface area contributed by atoms with E-state index in [9.17, 15) is 9.18 Å². The summed E-state index contributed by atoms with van der Waals surface area (Å²) in [7, 11) is 0. The Morgan fingerprint density at radius 2 is 2.31 bits per heavy atom. The number of oxazole rings is 1. The molecular formula is C17H19FN4O4. The number of hydrogen-bond acceptors (Lipinski definition) is 7. The van der Waals surface area contributed by atoms with E-state index < -0.39 is 17.4 Å². The van der Waals surface area contributed by atoms with Crippen LogP contribution < -0.4 is 15.8 Å². The van der Waals surface area contributed by atoms with E-state index >= 15 is 0 Å². The Bertz CT molecular complexity index is 851. The molecule has 1 aliphatic heterocycles. The van der Waals surface area contributed by atoms with Crippen molar-refractivity contribution in [3.05, 3.63) is 41.7 Å². The predicted octanol–water partition coefficient (Wildman–Crippen LogP) is 3.07. The number of anilines is 1. The summed E-state index contributed by atoms with van der Waals surface area (Å²) >= 11 is 0. The summed E-state index contributed by atoms with van der Waals surface area (Å²) in [5, 5.41) is 2.54. The summed E-state index contributed by atoms with van der Waals surface area (Å²) in [4.78, 5) is 20.2. The lowest BCUT2D eigenvalue weighted by Gasteiger charge is -2.33. The van der Waals surface area contributed by atoms with Gasteiger partial charge in [0.2, 0.25) is 0 Å². The molecule has 26 heavy (non-hydrogen) atoms. The molecule has 1 aliphatic rings. The van der Waals surface area contributed by atoms with E-state index in [2.05, 4.69) is 15.3 Å². The molecule has 3 N–H and O–H groups in total. The van der Waals surface area contributed by atoms with Crippen molar-refractivity contribution in [2.24, 2.45) is 10.7 Å². The summed E-state index contributed by atoms with van der Waals surface area (Å²) in [6.45, 7) is 3.86. The second kappa shape index (κ2) is 7.03. The zero-order valence-electron chi connectivity index (χ0n) is 14.4. The van der Waals surface area contributed by atoms with E-state index in [0.29, 0.717) is 36.6 Å². The van der Waals surface area contributed by atoms with Crippen LogP contribution in [0.15, 0.2) is 33.9 Å². The molecule has 8 nitrogen and oxygen atoms in total. The maximum Gasteiger partial charge on any atom is 0.418 e. The smallest absolute Gasteiger partial charge is 0.418 e. The van der Waals surface area contributed by atoms with Gasteiger partial charge in [0.1, 0.15) is 5.82 Å². The van der Waals surface area contributed by atoms with Crippen molar-refractivity contribution in [3.63, 3.8) is 0 Å². The van der Waals surface area contributed by atoms with E-state index in [1.165, 1.54) is 24.5 Å². The van der Waals surface area contributed by atoms with Gasteiger partial charge in [0.15, 0.2) is 12.2 Å². The number of nitrogens with two attached hydrogens (primary N) is 1. The van der Waals surface area contributed by atoms with Crippen LogP contribution in [0.2, 0.25) is 0 Å². The van der Waals surface area contributed by atoms with Crippen LogP contribution in [-0.4, -0.2) is 23.7 Å². The van der Waals surface area contributed by atoms with E-state index in [1.54, 1.807) is 6.92 Å². The molecular weight excluding hydrogens is 343 g/mol. The second-order valence-electron chi connectivity index (χ2n) is 5.85. The molecule has 0 saturated heterocycles. The number of carbonyl (C=O) groups is 1. The average Bonchev–Trinajstić information content (AvgIpc) is 3.01. The van der Waals surface area contributed by atoms with Gasteiger partial charge in [0.25, 0.3) is 11.9 Å². The number of aliphatic imine (C=N–C) groups is 1. The highest BCUT2D eigenvalue weighted by Crippen LogP contribution is 2.38. The van der Waals surface area contributed by atoms with Gasteiger partial charge in [-0.05, 0) is 24.6 Å². The molecule has 0 radical (unpaired) electrons. The monoisotopic (exact) mass is 362 g/mol. The van der Waals surface area contributed by atoms with E-state index in [1.807, 2.05) is 6.92 Å². The van der Waals surface area contributed by atoms with Crippen molar-refractivity contribution in [1.29, 1.82) is 0 Å². The molecule has 0 fully saturated rings. The Morgan fingerprint density at radius 1 is 1.50 bits per heavy atom.